The Hall–Kier alpha value is -1.51. The molecule has 0 spiro atoms. The number of hydrogen-bond acceptors (Lipinski definition) is 2. The summed E-state index contributed by atoms with van der Waals surface area (Å²) >= 11 is 0. The monoisotopic (exact) mass is 261 g/mol. The minimum atomic E-state index is 0.156. The first-order valence-corrected chi connectivity index (χ1v) is 7.23. The van der Waals surface area contributed by atoms with E-state index in [9.17, 15) is 0 Å². The second-order valence-electron chi connectivity index (χ2n) is 5.19. The van der Waals surface area contributed by atoms with Crippen molar-refractivity contribution in [3.05, 3.63) is 29.3 Å². The largest absolute Gasteiger partial charge is 0.384 e. The lowest BCUT2D eigenvalue weighted by Crippen LogP contribution is -2.35. The van der Waals surface area contributed by atoms with Crippen LogP contribution in [0.5, 0.6) is 0 Å². The number of anilines is 1. The molecular formula is C16H27N3. The highest BCUT2D eigenvalue weighted by Crippen LogP contribution is 2.28. The molecule has 0 fully saturated rings. The van der Waals surface area contributed by atoms with Gasteiger partial charge in [-0.2, -0.15) is 0 Å². The van der Waals surface area contributed by atoms with Gasteiger partial charge in [0.15, 0.2) is 0 Å². The average molecular weight is 261 g/mol. The molecule has 1 atom stereocenters. The van der Waals surface area contributed by atoms with Gasteiger partial charge in [0, 0.05) is 18.2 Å². The first-order chi connectivity index (χ1) is 9.02. The van der Waals surface area contributed by atoms with Crippen LogP contribution in [0.25, 0.3) is 0 Å². The van der Waals surface area contributed by atoms with Crippen molar-refractivity contribution in [1.29, 1.82) is 5.41 Å². The van der Waals surface area contributed by atoms with Crippen molar-refractivity contribution in [2.75, 3.05) is 11.4 Å². The van der Waals surface area contributed by atoms with Crippen LogP contribution in [0.1, 0.15) is 51.2 Å². The zero-order valence-corrected chi connectivity index (χ0v) is 12.7. The Morgan fingerprint density at radius 1 is 1.37 bits per heavy atom. The van der Waals surface area contributed by atoms with Crippen LogP contribution >= 0.6 is 0 Å². The van der Waals surface area contributed by atoms with Crippen molar-refractivity contribution in [3.63, 3.8) is 0 Å². The van der Waals surface area contributed by atoms with Crippen molar-refractivity contribution in [2.24, 2.45) is 5.73 Å². The number of amidine groups is 1. The summed E-state index contributed by atoms with van der Waals surface area (Å²) in [5.74, 6) is 0.156. The molecular weight excluding hydrogens is 234 g/mol. The Bertz CT molecular complexity index is 426. The second-order valence-corrected chi connectivity index (χ2v) is 5.19. The number of nitrogens with zero attached hydrogens (tertiary/aromatic N) is 1. The number of nitrogen functional groups attached to an aromatic ring is 1. The van der Waals surface area contributed by atoms with Gasteiger partial charge in [0.1, 0.15) is 5.84 Å². The molecule has 0 heterocycles. The van der Waals surface area contributed by atoms with E-state index in [2.05, 4.69) is 38.7 Å². The summed E-state index contributed by atoms with van der Waals surface area (Å²) < 4.78 is 0. The molecule has 0 aliphatic carbocycles. The van der Waals surface area contributed by atoms with Gasteiger partial charge in [-0.15, -0.1) is 0 Å². The molecule has 0 aliphatic heterocycles. The van der Waals surface area contributed by atoms with Gasteiger partial charge in [-0.05, 0) is 38.3 Å². The SMILES string of the molecule is CCCCN(c1c(C)cccc1C(=N)N)C(C)CC. The van der Waals surface area contributed by atoms with E-state index in [1.54, 1.807) is 0 Å². The Morgan fingerprint density at radius 3 is 2.58 bits per heavy atom. The standard InChI is InChI=1S/C16H27N3/c1-5-7-11-19(13(4)6-2)15-12(3)9-8-10-14(15)16(17)18/h8-10,13H,5-7,11H2,1-4H3,(H3,17,18). The fourth-order valence-corrected chi connectivity index (χ4v) is 2.36. The van der Waals surface area contributed by atoms with Gasteiger partial charge in [0.05, 0.1) is 5.69 Å². The molecule has 0 aromatic heterocycles. The summed E-state index contributed by atoms with van der Waals surface area (Å²) in [5.41, 5.74) is 8.94. The third kappa shape index (κ3) is 3.72. The maximum atomic E-state index is 7.79. The molecule has 106 valence electrons. The number of hydrogen-bond donors (Lipinski definition) is 2. The molecule has 1 aromatic rings. The summed E-state index contributed by atoms with van der Waals surface area (Å²) in [6.45, 7) is 9.78. The van der Waals surface area contributed by atoms with Crippen LogP contribution < -0.4 is 10.6 Å². The molecule has 19 heavy (non-hydrogen) atoms. The zero-order chi connectivity index (χ0) is 14.4. The smallest absolute Gasteiger partial charge is 0.124 e. The Labute approximate surface area is 117 Å². The van der Waals surface area contributed by atoms with Crippen LogP contribution in [-0.4, -0.2) is 18.4 Å². The molecule has 0 amide bonds. The number of benzene rings is 1. The lowest BCUT2D eigenvalue weighted by atomic mass is 10.0. The molecule has 3 nitrogen and oxygen atoms in total. The number of rotatable bonds is 7. The fourth-order valence-electron chi connectivity index (χ4n) is 2.36. The number of nitrogens with one attached hydrogen (secondary N) is 1. The molecule has 0 radical (unpaired) electrons. The van der Waals surface area contributed by atoms with E-state index in [0.717, 1.165) is 30.6 Å². The van der Waals surface area contributed by atoms with Crippen molar-refractivity contribution in [1.82, 2.24) is 0 Å². The van der Waals surface area contributed by atoms with Gasteiger partial charge < -0.3 is 10.6 Å². The molecule has 1 unspecified atom stereocenters. The number of unbranched alkanes of at least 4 members (excludes halogenated alkanes) is 1. The van der Waals surface area contributed by atoms with E-state index in [-0.39, 0.29) is 5.84 Å². The maximum Gasteiger partial charge on any atom is 0.124 e. The maximum absolute atomic E-state index is 7.79. The molecule has 0 aliphatic rings. The molecule has 0 saturated heterocycles. The van der Waals surface area contributed by atoms with Crippen molar-refractivity contribution < 1.29 is 0 Å². The molecule has 0 saturated carbocycles. The van der Waals surface area contributed by atoms with Crippen molar-refractivity contribution in [2.45, 2.75) is 53.0 Å². The van der Waals surface area contributed by atoms with Gasteiger partial charge >= 0.3 is 0 Å². The van der Waals surface area contributed by atoms with Crippen LogP contribution in [0.4, 0.5) is 5.69 Å². The minimum Gasteiger partial charge on any atom is -0.384 e. The minimum absolute atomic E-state index is 0.156. The second kappa shape index (κ2) is 7.17. The van der Waals surface area contributed by atoms with E-state index < -0.39 is 0 Å². The van der Waals surface area contributed by atoms with E-state index in [1.807, 2.05) is 12.1 Å². The Balaban J connectivity index is 3.23. The lowest BCUT2D eigenvalue weighted by molar-refractivity contribution is 0.594. The quantitative estimate of drug-likeness (QED) is 0.581. The summed E-state index contributed by atoms with van der Waals surface area (Å²) in [4.78, 5) is 2.41. The topological polar surface area (TPSA) is 53.1 Å². The average Bonchev–Trinajstić information content (AvgIpc) is 2.39. The number of aryl methyl sites for hydroxylation is 1. The van der Waals surface area contributed by atoms with Crippen LogP contribution in [0.3, 0.4) is 0 Å². The number of nitrogens with two attached hydrogens (primary N) is 1. The first kappa shape index (κ1) is 15.5. The van der Waals surface area contributed by atoms with E-state index in [0.29, 0.717) is 6.04 Å². The van der Waals surface area contributed by atoms with Crippen molar-refractivity contribution >= 4 is 11.5 Å². The van der Waals surface area contributed by atoms with Crippen LogP contribution in [0.2, 0.25) is 0 Å². The van der Waals surface area contributed by atoms with Gasteiger partial charge in [-0.25, -0.2) is 0 Å². The Kier molecular flexibility index (Phi) is 5.87. The normalized spacial score (nSPS) is 12.2. The fraction of sp³-hybridized carbons (Fsp3) is 0.562. The van der Waals surface area contributed by atoms with E-state index in [1.165, 1.54) is 12.0 Å². The molecule has 1 rings (SSSR count). The predicted molar refractivity (Wildman–Crippen MR) is 84.2 cm³/mol. The summed E-state index contributed by atoms with van der Waals surface area (Å²) in [6, 6.07) is 6.49. The van der Waals surface area contributed by atoms with Crippen LogP contribution in [-0.2, 0) is 0 Å². The molecule has 0 bridgehead atoms. The van der Waals surface area contributed by atoms with Gasteiger partial charge in [0.2, 0.25) is 0 Å². The highest BCUT2D eigenvalue weighted by Gasteiger charge is 2.19. The third-order valence-electron chi connectivity index (χ3n) is 3.69. The third-order valence-corrected chi connectivity index (χ3v) is 3.69. The summed E-state index contributed by atoms with van der Waals surface area (Å²) in [7, 11) is 0. The van der Waals surface area contributed by atoms with Gasteiger partial charge in [-0.1, -0.05) is 32.4 Å². The molecule has 1 aromatic carbocycles. The van der Waals surface area contributed by atoms with Gasteiger partial charge in [-0.3, -0.25) is 5.41 Å². The molecule has 3 heteroatoms. The van der Waals surface area contributed by atoms with Crippen molar-refractivity contribution in [3.8, 4) is 0 Å². The van der Waals surface area contributed by atoms with E-state index >= 15 is 0 Å². The highest BCUT2D eigenvalue weighted by atomic mass is 15.2. The highest BCUT2D eigenvalue weighted by molar-refractivity contribution is 6.01. The van der Waals surface area contributed by atoms with Crippen LogP contribution in [0.15, 0.2) is 18.2 Å². The molecule has 3 N–H and O–H groups in total. The van der Waals surface area contributed by atoms with Gasteiger partial charge in [0.25, 0.3) is 0 Å². The first-order valence-electron chi connectivity index (χ1n) is 7.23. The summed E-state index contributed by atoms with van der Waals surface area (Å²) in [5, 5.41) is 7.79. The van der Waals surface area contributed by atoms with Crippen LogP contribution in [0, 0.1) is 12.3 Å². The Morgan fingerprint density at radius 2 is 2.05 bits per heavy atom. The predicted octanol–water partition coefficient (Wildman–Crippen LogP) is 3.68. The summed E-state index contributed by atoms with van der Waals surface area (Å²) in [6.07, 6.45) is 3.43. The van der Waals surface area contributed by atoms with E-state index in [4.69, 9.17) is 11.1 Å². The zero-order valence-electron chi connectivity index (χ0n) is 12.7. The number of para-hydroxylation sites is 1. The lowest BCUT2D eigenvalue weighted by Gasteiger charge is -2.33.